The molecule has 0 spiro atoms. The number of hydrogen-bond acceptors (Lipinski definition) is 7. The van der Waals surface area contributed by atoms with Gasteiger partial charge in [0.15, 0.2) is 0 Å². The fourth-order valence-electron chi connectivity index (χ4n) is 1.89. The van der Waals surface area contributed by atoms with Crippen LogP contribution in [0.25, 0.3) is 9.88 Å². The number of ether oxygens (including phenoxy) is 1. The highest BCUT2D eigenvalue weighted by Gasteiger charge is 2.15. The van der Waals surface area contributed by atoms with Crippen LogP contribution in [0.3, 0.4) is 0 Å². The summed E-state index contributed by atoms with van der Waals surface area (Å²) in [6.45, 7) is 0. The first-order valence-electron chi connectivity index (χ1n) is 6.66. The number of esters is 1. The number of nitro benzene ring substituents is 1. The number of hydrogen-bond donors (Lipinski definition) is 0. The Morgan fingerprint density at radius 1 is 1.33 bits per heavy atom. The highest BCUT2D eigenvalue weighted by Crippen LogP contribution is 2.30. The molecule has 122 valence electrons. The fourth-order valence-corrected chi connectivity index (χ4v) is 3.74. The fraction of sp³-hybridized carbons (Fsp3) is 0.0667. The molecule has 0 aliphatic heterocycles. The molecule has 0 fully saturated rings. The van der Waals surface area contributed by atoms with Crippen LogP contribution in [-0.2, 0) is 11.2 Å². The van der Waals surface area contributed by atoms with Crippen molar-refractivity contribution in [2.24, 2.45) is 0 Å². The molecule has 0 aliphatic carbocycles. The van der Waals surface area contributed by atoms with Gasteiger partial charge in [-0.3, -0.25) is 14.9 Å². The minimum atomic E-state index is -0.571. The first-order chi connectivity index (χ1) is 11.5. The number of thiophene rings is 1. The SMILES string of the molecule is O=C(Cc1csc(-c2cccs2)n1)Oc1ccc([N+](=O)[O-])cc1Cl. The van der Waals surface area contributed by atoms with Crippen LogP contribution in [0.2, 0.25) is 5.02 Å². The maximum Gasteiger partial charge on any atom is 0.317 e. The zero-order chi connectivity index (χ0) is 17.1. The number of carbonyl (C=O) groups excluding carboxylic acids is 1. The highest BCUT2D eigenvalue weighted by atomic mass is 35.5. The first kappa shape index (κ1) is 16.6. The molecule has 0 N–H and O–H groups in total. The Morgan fingerprint density at radius 3 is 2.83 bits per heavy atom. The van der Waals surface area contributed by atoms with Crippen LogP contribution < -0.4 is 4.74 Å². The molecular weight excluding hydrogens is 372 g/mol. The van der Waals surface area contributed by atoms with Gasteiger partial charge in [-0.05, 0) is 17.5 Å². The van der Waals surface area contributed by atoms with Crippen molar-refractivity contribution in [3.05, 3.63) is 61.9 Å². The Balaban J connectivity index is 1.67. The molecule has 9 heteroatoms. The van der Waals surface area contributed by atoms with Crippen molar-refractivity contribution in [3.8, 4) is 15.6 Å². The smallest absolute Gasteiger partial charge is 0.317 e. The monoisotopic (exact) mass is 380 g/mol. The van der Waals surface area contributed by atoms with Gasteiger partial charge in [0.05, 0.1) is 26.9 Å². The van der Waals surface area contributed by atoms with Gasteiger partial charge in [0, 0.05) is 17.5 Å². The standard InChI is InChI=1S/C15H9ClN2O4S2/c16-11-7-10(18(20)21)3-4-12(11)22-14(19)6-9-8-24-15(17-9)13-2-1-5-23-13/h1-5,7-8H,6H2. The van der Waals surface area contributed by atoms with E-state index in [1.165, 1.54) is 23.5 Å². The number of carbonyl (C=O) groups is 1. The predicted molar refractivity (Wildman–Crippen MR) is 92.9 cm³/mol. The summed E-state index contributed by atoms with van der Waals surface area (Å²) < 4.78 is 5.16. The second-order valence-electron chi connectivity index (χ2n) is 4.64. The molecule has 24 heavy (non-hydrogen) atoms. The summed E-state index contributed by atoms with van der Waals surface area (Å²) in [5.74, 6) is -0.449. The molecule has 0 radical (unpaired) electrons. The van der Waals surface area contributed by atoms with Crippen molar-refractivity contribution < 1.29 is 14.5 Å². The average molecular weight is 381 g/mol. The molecule has 0 amide bonds. The van der Waals surface area contributed by atoms with Gasteiger partial charge >= 0.3 is 5.97 Å². The van der Waals surface area contributed by atoms with Crippen LogP contribution in [0, 0.1) is 10.1 Å². The summed E-state index contributed by atoms with van der Waals surface area (Å²) in [6, 6.07) is 7.57. The van der Waals surface area contributed by atoms with E-state index in [9.17, 15) is 14.9 Å². The number of aromatic nitrogens is 1. The summed E-state index contributed by atoms with van der Waals surface area (Å²) in [7, 11) is 0. The largest absolute Gasteiger partial charge is 0.425 e. The van der Waals surface area contributed by atoms with E-state index in [0.29, 0.717) is 5.69 Å². The molecule has 3 rings (SSSR count). The van der Waals surface area contributed by atoms with E-state index in [2.05, 4.69) is 4.98 Å². The number of thiazole rings is 1. The van der Waals surface area contributed by atoms with Crippen LogP contribution >= 0.6 is 34.3 Å². The van der Waals surface area contributed by atoms with Gasteiger partial charge in [-0.25, -0.2) is 4.98 Å². The molecule has 0 aliphatic rings. The molecule has 2 aromatic heterocycles. The van der Waals surface area contributed by atoms with Crippen LogP contribution in [0.4, 0.5) is 5.69 Å². The van der Waals surface area contributed by atoms with Crippen LogP contribution in [0.1, 0.15) is 5.69 Å². The molecule has 0 unspecified atom stereocenters. The maximum atomic E-state index is 12.0. The van der Waals surface area contributed by atoms with E-state index in [1.807, 2.05) is 17.5 Å². The zero-order valence-corrected chi connectivity index (χ0v) is 14.4. The van der Waals surface area contributed by atoms with Gasteiger partial charge < -0.3 is 4.74 Å². The van der Waals surface area contributed by atoms with E-state index in [-0.39, 0.29) is 22.9 Å². The van der Waals surface area contributed by atoms with E-state index in [0.717, 1.165) is 16.0 Å². The summed E-state index contributed by atoms with van der Waals surface area (Å²) in [5, 5.41) is 15.3. The van der Waals surface area contributed by atoms with Crippen molar-refractivity contribution >= 4 is 45.9 Å². The predicted octanol–water partition coefficient (Wildman–Crippen LogP) is 4.58. The van der Waals surface area contributed by atoms with Crippen molar-refractivity contribution in [2.45, 2.75) is 6.42 Å². The Labute approximate surface area is 149 Å². The molecule has 0 bridgehead atoms. The van der Waals surface area contributed by atoms with Gasteiger partial charge in [0.1, 0.15) is 10.8 Å². The molecular formula is C15H9ClN2O4S2. The molecule has 3 aromatic rings. The minimum absolute atomic E-state index is 0.00477. The second-order valence-corrected chi connectivity index (χ2v) is 6.86. The molecule has 0 atom stereocenters. The molecule has 1 aromatic carbocycles. The third-order valence-corrected chi connectivity index (χ3v) is 5.18. The van der Waals surface area contributed by atoms with E-state index in [4.69, 9.17) is 16.3 Å². The lowest BCUT2D eigenvalue weighted by molar-refractivity contribution is -0.384. The maximum absolute atomic E-state index is 12.0. The first-order valence-corrected chi connectivity index (χ1v) is 8.79. The highest BCUT2D eigenvalue weighted by molar-refractivity contribution is 7.20. The van der Waals surface area contributed by atoms with Gasteiger partial charge in [-0.2, -0.15) is 0 Å². The summed E-state index contributed by atoms with van der Waals surface area (Å²) in [6.07, 6.45) is -0.00477. The second kappa shape index (κ2) is 7.08. The topological polar surface area (TPSA) is 82.3 Å². The summed E-state index contributed by atoms with van der Waals surface area (Å²) in [4.78, 5) is 27.5. The van der Waals surface area contributed by atoms with Crippen LogP contribution in [0.15, 0.2) is 41.1 Å². The molecule has 2 heterocycles. The quantitative estimate of drug-likeness (QED) is 0.280. The number of benzene rings is 1. The average Bonchev–Trinajstić information content (AvgIpc) is 3.20. The van der Waals surface area contributed by atoms with Gasteiger partial charge in [0.25, 0.3) is 5.69 Å². The third kappa shape index (κ3) is 3.78. The number of rotatable bonds is 5. The lowest BCUT2D eigenvalue weighted by Crippen LogP contribution is -2.11. The van der Waals surface area contributed by atoms with Crippen molar-refractivity contribution in [3.63, 3.8) is 0 Å². The third-order valence-electron chi connectivity index (χ3n) is 2.96. The Morgan fingerprint density at radius 2 is 2.17 bits per heavy atom. The van der Waals surface area contributed by atoms with Crippen LogP contribution in [0.5, 0.6) is 5.75 Å². The van der Waals surface area contributed by atoms with Crippen molar-refractivity contribution in [1.82, 2.24) is 4.98 Å². The molecule has 6 nitrogen and oxygen atoms in total. The number of nitrogens with zero attached hydrogens (tertiary/aromatic N) is 2. The number of nitro groups is 1. The Bertz CT molecular complexity index is 893. The molecule has 0 saturated heterocycles. The molecule has 0 saturated carbocycles. The van der Waals surface area contributed by atoms with E-state index in [1.54, 1.807) is 16.7 Å². The minimum Gasteiger partial charge on any atom is -0.425 e. The van der Waals surface area contributed by atoms with E-state index >= 15 is 0 Å². The Kier molecular flexibility index (Phi) is 4.89. The Hall–Kier alpha value is -2.29. The lowest BCUT2D eigenvalue weighted by atomic mass is 10.3. The zero-order valence-electron chi connectivity index (χ0n) is 12.0. The summed E-state index contributed by atoms with van der Waals surface area (Å²) in [5.41, 5.74) is 0.436. The van der Waals surface area contributed by atoms with E-state index < -0.39 is 10.9 Å². The van der Waals surface area contributed by atoms with Gasteiger partial charge in [-0.15, -0.1) is 22.7 Å². The normalized spacial score (nSPS) is 10.5. The number of halogens is 1. The van der Waals surface area contributed by atoms with Gasteiger partial charge in [0.2, 0.25) is 0 Å². The summed E-state index contributed by atoms with van der Waals surface area (Å²) >= 11 is 8.93. The van der Waals surface area contributed by atoms with Crippen molar-refractivity contribution in [2.75, 3.05) is 0 Å². The number of non-ortho nitro benzene ring substituents is 1. The lowest BCUT2D eigenvalue weighted by Gasteiger charge is -2.05. The van der Waals surface area contributed by atoms with Gasteiger partial charge in [-0.1, -0.05) is 17.7 Å². The van der Waals surface area contributed by atoms with Crippen LogP contribution in [-0.4, -0.2) is 15.9 Å². The van der Waals surface area contributed by atoms with Crippen molar-refractivity contribution in [1.29, 1.82) is 0 Å².